The van der Waals surface area contributed by atoms with E-state index in [1.165, 1.54) is 0 Å². The van der Waals surface area contributed by atoms with Crippen molar-refractivity contribution in [2.45, 2.75) is 16.1 Å². The number of halogens is 3. The van der Waals surface area contributed by atoms with Crippen LogP contribution in [0.3, 0.4) is 0 Å². The van der Waals surface area contributed by atoms with Gasteiger partial charge in [-0.25, -0.2) is 4.79 Å². The van der Waals surface area contributed by atoms with Gasteiger partial charge in [-0.15, -0.1) is 23.1 Å². The second kappa shape index (κ2) is 6.62. The number of hydrogen-bond acceptors (Lipinski definition) is 5. The van der Waals surface area contributed by atoms with Crippen LogP contribution in [-0.2, 0) is 16.7 Å². The van der Waals surface area contributed by atoms with Crippen LogP contribution in [-0.4, -0.2) is 18.2 Å². The van der Waals surface area contributed by atoms with Gasteiger partial charge in [0.05, 0.1) is 11.3 Å². The van der Waals surface area contributed by atoms with E-state index in [1.54, 1.807) is 24.3 Å². The van der Waals surface area contributed by atoms with Crippen LogP contribution in [0.5, 0.6) is 5.75 Å². The van der Waals surface area contributed by atoms with Crippen LogP contribution in [0.1, 0.15) is 20.8 Å². The molecule has 1 heterocycles. The van der Waals surface area contributed by atoms with Gasteiger partial charge >= 0.3 is 12.1 Å². The maximum Gasteiger partial charge on any atom is 0.421 e. The van der Waals surface area contributed by atoms with E-state index in [-0.39, 0.29) is 4.21 Å². The lowest BCUT2D eigenvalue weighted by Crippen LogP contribution is -2.06. The number of methoxy groups -OCH3 is 1. The van der Waals surface area contributed by atoms with Crippen LogP contribution in [0.25, 0.3) is 0 Å². The van der Waals surface area contributed by atoms with Gasteiger partial charge in [-0.2, -0.15) is 13.2 Å². The Kier molecular flexibility index (Phi) is 5.02. The third kappa shape index (κ3) is 3.56. The van der Waals surface area contributed by atoms with Crippen LogP contribution < -0.4 is 0 Å². The summed E-state index contributed by atoms with van der Waals surface area (Å²) in [4.78, 5) is 11.0. The zero-order valence-corrected chi connectivity index (χ0v) is 12.9. The number of hydrogen-bond donors (Lipinski definition) is 1. The summed E-state index contributed by atoms with van der Waals surface area (Å²) in [5, 5.41) is 9.72. The minimum absolute atomic E-state index is 0.158. The van der Waals surface area contributed by atoms with Gasteiger partial charge in [0, 0.05) is 5.75 Å². The molecule has 0 saturated carbocycles. The SMILES string of the molecule is COC(=O)c1sc(SCc2ccccc2)c(C(F)(F)F)c1O. The molecule has 1 aromatic carbocycles. The Hall–Kier alpha value is -1.67. The number of rotatable bonds is 4. The van der Waals surface area contributed by atoms with E-state index >= 15 is 0 Å². The minimum atomic E-state index is -4.74. The highest BCUT2D eigenvalue weighted by Crippen LogP contribution is 2.49. The van der Waals surface area contributed by atoms with Gasteiger partial charge in [0.1, 0.15) is 5.56 Å². The molecule has 2 aromatic rings. The number of esters is 1. The molecular weight excluding hydrogens is 337 g/mol. The van der Waals surface area contributed by atoms with Gasteiger partial charge < -0.3 is 9.84 Å². The molecule has 0 aliphatic rings. The van der Waals surface area contributed by atoms with E-state index < -0.39 is 28.3 Å². The fourth-order valence-corrected chi connectivity index (χ4v) is 4.08. The monoisotopic (exact) mass is 348 g/mol. The number of carbonyl (C=O) groups is 1. The van der Waals surface area contributed by atoms with E-state index in [9.17, 15) is 23.1 Å². The predicted molar refractivity (Wildman–Crippen MR) is 78.3 cm³/mol. The normalized spacial score (nSPS) is 11.5. The molecule has 8 heteroatoms. The fraction of sp³-hybridized carbons (Fsp3) is 0.214. The quantitative estimate of drug-likeness (QED) is 0.650. The van der Waals surface area contributed by atoms with Crippen LogP contribution in [0.4, 0.5) is 13.2 Å². The third-order valence-electron chi connectivity index (χ3n) is 2.72. The van der Waals surface area contributed by atoms with Gasteiger partial charge in [0.15, 0.2) is 10.6 Å². The van der Waals surface area contributed by atoms with Crippen molar-refractivity contribution in [3.63, 3.8) is 0 Å². The van der Waals surface area contributed by atoms with E-state index in [2.05, 4.69) is 4.74 Å². The molecule has 0 aliphatic carbocycles. The summed E-state index contributed by atoms with van der Waals surface area (Å²) in [5.41, 5.74) is -0.341. The molecule has 22 heavy (non-hydrogen) atoms. The molecule has 0 aliphatic heterocycles. The number of aromatic hydroxyl groups is 1. The smallest absolute Gasteiger partial charge is 0.421 e. The maximum absolute atomic E-state index is 13.1. The molecule has 0 amide bonds. The van der Waals surface area contributed by atoms with Gasteiger partial charge in [-0.3, -0.25) is 0 Å². The Morgan fingerprint density at radius 1 is 1.32 bits per heavy atom. The fourth-order valence-electron chi connectivity index (χ4n) is 1.71. The Morgan fingerprint density at radius 3 is 2.50 bits per heavy atom. The average molecular weight is 348 g/mol. The summed E-state index contributed by atoms with van der Waals surface area (Å²) in [6, 6.07) is 8.95. The lowest BCUT2D eigenvalue weighted by molar-refractivity contribution is -0.140. The Balaban J connectivity index is 2.35. The highest BCUT2D eigenvalue weighted by Gasteiger charge is 2.41. The maximum atomic E-state index is 13.1. The number of alkyl halides is 3. The van der Waals surface area contributed by atoms with E-state index in [0.717, 1.165) is 24.4 Å². The molecular formula is C14H11F3O3S2. The van der Waals surface area contributed by atoms with Crippen molar-refractivity contribution in [2.75, 3.05) is 7.11 Å². The largest absolute Gasteiger partial charge is 0.505 e. The number of carbonyl (C=O) groups excluding carboxylic acids is 1. The number of thiophene rings is 1. The van der Waals surface area contributed by atoms with Crippen LogP contribution in [0, 0.1) is 0 Å². The van der Waals surface area contributed by atoms with Crippen molar-refractivity contribution in [1.29, 1.82) is 0 Å². The molecule has 0 atom stereocenters. The molecule has 118 valence electrons. The second-order valence-electron chi connectivity index (χ2n) is 4.21. The summed E-state index contributed by atoms with van der Waals surface area (Å²) in [7, 11) is 1.05. The molecule has 3 nitrogen and oxygen atoms in total. The topological polar surface area (TPSA) is 46.5 Å². The summed E-state index contributed by atoms with van der Waals surface area (Å²) in [6.07, 6.45) is -4.74. The van der Waals surface area contributed by atoms with Crippen molar-refractivity contribution in [3.8, 4) is 5.75 Å². The minimum Gasteiger partial charge on any atom is -0.505 e. The first-order chi connectivity index (χ1) is 10.3. The summed E-state index contributed by atoms with van der Waals surface area (Å²) in [6.45, 7) is 0. The van der Waals surface area contributed by atoms with Gasteiger partial charge in [-0.05, 0) is 5.56 Å². The predicted octanol–water partition coefficient (Wildman–Crippen LogP) is 4.55. The van der Waals surface area contributed by atoms with Gasteiger partial charge in [-0.1, -0.05) is 30.3 Å². The molecule has 0 unspecified atom stereocenters. The Bertz CT molecular complexity index is 666. The number of thioether (sulfide) groups is 1. The van der Waals surface area contributed by atoms with Crippen molar-refractivity contribution < 1.29 is 27.8 Å². The third-order valence-corrected chi connectivity index (χ3v) is 5.22. The van der Waals surface area contributed by atoms with Crippen LogP contribution in [0.15, 0.2) is 34.5 Å². The first kappa shape index (κ1) is 16.7. The molecule has 1 aromatic heterocycles. The first-order valence-electron chi connectivity index (χ1n) is 6.02. The van der Waals surface area contributed by atoms with Gasteiger partial charge in [0.25, 0.3) is 0 Å². The van der Waals surface area contributed by atoms with Crippen molar-refractivity contribution in [3.05, 3.63) is 46.3 Å². The highest BCUT2D eigenvalue weighted by atomic mass is 32.2. The molecule has 1 N–H and O–H groups in total. The molecule has 2 rings (SSSR count). The van der Waals surface area contributed by atoms with Crippen molar-refractivity contribution >= 4 is 29.1 Å². The first-order valence-corrected chi connectivity index (χ1v) is 7.82. The van der Waals surface area contributed by atoms with Crippen LogP contribution >= 0.6 is 23.1 Å². The van der Waals surface area contributed by atoms with Crippen LogP contribution in [0.2, 0.25) is 0 Å². The summed E-state index contributed by atoms with van der Waals surface area (Å²) in [5.74, 6) is -1.76. The zero-order chi connectivity index (χ0) is 16.3. The zero-order valence-electron chi connectivity index (χ0n) is 11.3. The van der Waals surface area contributed by atoms with E-state index in [0.29, 0.717) is 17.1 Å². The Morgan fingerprint density at radius 2 is 1.95 bits per heavy atom. The molecule has 0 spiro atoms. The molecule has 0 fully saturated rings. The molecule has 0 radical (unpaired) electrons. The number of benzene rings is 1. The summed E-state index contributed by atoms with van der Waals surface area (Å²) < 4.78 is 43.5. The second-order valence-corrected chi connectivity index (χ2v) is 6.47. The lowest BCUT2D eigenvalue weighted by atomic mass is 10.2. The Labute approximate surface area is 132 Å². The van der Waals surface area contributed by atoms with Gasteiger partial charge in [0.2, 0.25) is 0 Å². The standard InChI is InChI=1S/C14H11F3O3S2/c1-20-12(19)11-10(18)9(14(15,16)17)13(22-11)21-7-8-5-3-2-4-6-8/h2-6,18H,7H2,1H3. The van der Waals surface area contributed by atoms with E-state index in [1.807, 2.05) is 6.07 Å². The van der Waals surface area contributed by atoms with Crippen molar-refractivity contribution in [1.82, 2.24) is 0 Å². The van der Waals surface area contributed by atoms with Crippen molar-refractivity contribution in [2.24, 2.45) is 0 Å². The average Bonchev–Trinajstić information content (AvgIpc) is 2.82. The lowest BCUT2D eigenvalue weighted by Gasteiger charge is -2.08. The highest BCUT2D eigenvalue weighted by molar-refractivity contribution is 8.00. The number of ether oxygens (including phenoxy) is 1. The van der Waals surface area contributed by atoms with E-state index in [4.69, 9.17) is 0 Å². The molecule has 0 saturated heterocycles. The summed E-state index contributed by atoms with van der Waals surface area (Å²) >= 11 is 1.50. The molecule has 0 bridgehead atoms.